The van der Waals surface area contributed by atoms with Crippen molar-refractivity contribution in [3.8, 4) is 0 Å². The van der Waals surface area contributed by atoms with E-state index in [9.17, 15) is 32.9 Å². The number of ketones is 1. The molecule has 26 heavy (non-hydrogen) atoms. The molecular weight excluding hydrogens is 375 g/mol. The molecule has 136 valence electrons. The van der Waals surface area contributed by atoms with E-state index in [2.05, 4.69) is 5.10 Å². The Balaban J connectivity index is 2.13. The van der Waals surface area contributed by atoms with Crippen LogP contribution >= 0.6 is 11.3 Å². The third-order valence-corrected chi connectivity index (χ3v) is 3.99. The van der Waals surface area contributed by atoms with E-state index in [1.54, 1.807) is 10.8 Å². The van der Waals surface area contributed by atoms with Crippen molar-refractivity contribution in [2.45, 2.75) is 12.6 Å². The molecule has 0 bridgehead atoms. The molecule has 1 N–H and O–H groups in total. The van der Waals surface area contributed by atoms with Crippen LogP contribution in [0.1, 0.15) is 26.5 Å². The molecule has 1 aromatic carbocycles. The summed E-state index contributed by atoms with van der Waals surface area (Å²) in [7, 11) is 0. The number of rotatable bonds is 6. The molecule has 1 amide bonds. The molecule has 7 nitrogen and oxygen atoms in total. The Morgan fingerprint density at radius 1 is 1.19 bits per heavy atom. The number of hydrogen-bond acceptors (Lipinski definition) is 6. The highest BCUT2D eigenvalue weighted by atomic mass is 32.1. The minimum Gasteiger partial charge on any atom is -0.293 e. The lowest BCUT2D eigenvalue weighted by Crippen LogP contribution is -2.30. The Morgan fingerprint density at radius 2 is 1.85 bits per heavy atom. The van der Waals surface area contributed by atoms with Crippen LogP contribution in [0.25, 0.3) is 0 Å². The third kappa shape index (κ3) is 4.96. The summed E-state index contributed by atoms with van der Waals surface area (Å²) in [6.07, 6.45) is -5.93. The van der Waals surface area contributed by atoms with Gasteiger partial charge in [0, 0.05) is 17.7 Å². The van der Waals surface area contributed by atoms with Crippen molar-refractivity contribution in [2.75, 3.05) is 0 Å². The summed E-state index contributed by atoms with van der Waals surface area (Å²) in [4.78, 5) is 33.7. The summed E-state index contributed by atoms with van der Waals surface area (Å²) in [5.74, 6) is -1.77. The maximum Gasteiger partial charge on any atom is 0.431 e. The van der Waals surface area contributed by atoms with E-state index in [1.165, 1.54) is 12.1 Å². The van der Waals surface area contributed by atoms with Gasteiger partial charge in [0.2, 0.25) is 0 Å². The van der Waals surface area contributed by atoms with Crippen LogP contribution < -0.4 is 5.43 Å². The van der Waals surface area contributed by atoms with Gasteiger partial charge in [0.25, 0.3) is 11.6 Å². The first-order valence-electron chi connectivity index (χ1n) is 6.93. The Morgan fingerprint density at radius 3 is 2.35 bits per heavy atom. The van der Waals surface area contributed by atoms with E-state index in [1.807, 2.05) is 0 Å². The van der Waals surface area contributed by atoms with Crippen molar-refractivity contribution in [1.82, 2.24) is 5.43 Å². The zero-order valence-electron chi connectivity index (χ0n) is 12.8. The fourth-order valence-corrected chi connectivity index (χ4v) is 2.46. The van der Waals surface area contributed by atoms with Gasteiger partial charge in [0.15, 0.2) is 5.78 Å². The van der Waals surface area contributed by atoms with Crippen LogP contribution in [0.4, 0.5) is 18.9 Å². The lowest BCUT2D eigenvalue weighted by atomic mass is 10.1. The van der Waals surface area contributed by atoms with Gasteiger partial charge in [0.1, 0.15) is 5.71 Å². The Labute approximate surface area is 148 Å². The Bertz CT molecular complexity index is 846. The fourth-order valence-electron chi connectivity index (χ4n) is 1.80. The highest BCUT2D eigenvalue weighted by Crippen LogP contribution is 2.22. The number of amides is 1. The Hall–Kier alpha value is -3.08. The number of nitro benzene ring substituents is 1. The van der Waals surface area contributed by atoms with Gasteiger partial charge in [-0.1, -0.05) is 6.07 Å². The summed E-state index contributed by atoms with van der Waals surface area (Å²) >= 11 is 0.994. The molecule has 2 rings (SSSR count). The Kier molecular flexibility index (Phi) is 5.82. The smallest absolute Gasteiger partial charge is 0.293 e. The van der Waals surface area contributed by atoms with E-state index < -0.39 is 34.9 Å². The van der Waals surface area contributed by atoms with Crippen molar-refractivity contribution < 1.29 is 27.7 Å². The summed E-state index contributed by atoms with van der Waals surface area (Å²) < 4.78 is 39.0. The van der Waals surface area contributed by atoms with Gasteiger partial charge >= 0.3 is 6.18 Å². The van der Waals surface area contributed by atoms with E-state index in [4.69, 9.17) is 0 Å². The first-order valence-corrected chi connectivity index (χ1v) is 7.81. The van der Waals surface area contributed by atoms with Gasteiger partial charge in [-0.2, -0.15) is 18.3 Å². The average Bonchev–Trinajstić information content (AvgIpc) is 3.11. The van der Waals surface area contributed by atoms with Gasteiger partial charge in [0.05, 0.1) is 16.2 Å². The average molecular weight is 385 g/mol. The van der Waals surface area contributed by atoms with Crippen molar-refractivity contribution >= 4 is 34.4 Å². The third-order valence-electron chi connectivity index (χ3n) is 3.08. The van der Waals surface area contributed by atoms with Crippen LogP contribution in [0.2, 0.25) is 0 Å². The molecule has 0 fully saturated rings. The normalized spacial score (nSPS) is 11.9. The second-order valence-electron chi connectivity index (χ2n) is 4.88. The number of nitrogens with one attached hydrogen (secondary N) is 1. The fraction of sp³-hybridized carbons (Fsp3) is 0.133. The predicted molar refractivity (Wildman–Crippen MR) is 87.3 cm³/mol. The highest BCUT2D eigenvalue weighted by Gasteiger charge is 2.37. The number of nitrogens with zero attached hydrogens (tertiary/aromatic N) is 2. The molecule has 0 aliphatic heterocycles. The number of non-ortho nitro benzene ring substituents is 1. The van der Waals surface area contributed by atoms with Crippen LogP contribution in [-0.4, -0.2) is 28.5 Å². The van der Waals surface area contributed by atoms with E-state index >= 15 is 0 Å². The molecule has 0 aliphatic carbocycles. The number of nitro groups is 1. The quantitative estimate of drug-likeness (QED) is 0.355. The first kappa shape index (κ1) is 19.2. The molecule has 0 aliphatic rings. The molecule has 0 saturated heterocycles. The van der Waals surface area contributed by atoms with Gasteiger partial charge in [-0.3, -0.25) is 19.7 Å². The standard InChI is InChI=1S/C15H10F3N3O4S/c16-15(17,18)13(8-11(22)12-2-1-7-26-12)19-20-14(23)9-3-5-10(6-4-9)21(24)25/h1-7H,8H2,(H,20,23). The number of carbonyl (C=O) groups is 2. The van der Waals surface area contributed by atoms with Crippen molar-refractivity contribution in [3.05, 3.63) is 62.3 Å². The molecule has 1 heterocycles. The molecule has 0 radical (unpaired) electrons. The summed E-state index contributed by atoms with van der Waals surface area (Å²) in [5, 5.41) is 15.1. The zero-order chi connectivity index (χ0) is 19.3. The zero-order valence-corrected chi connectivity index (χ0v) is 13.6. The lowest BCUT2D eigenvalue weighted by molar-refractivity contribution is -0.384. The van der Waals surface area contributed by atoms with Crippen LogP contribution in [0, 0.1) is 10.1 Å². The first-order chi connectivity index (χ1) is 12.2. The monoisotopic (exact) mass is 385 g/mol. The topological polar surface area (TPSA) is 102 Å². The molecule has 0 unspecified atom stereocenters. The van der Waals surface area contributed by atoms with Crippen molar-refractivity contribution in [1.29, 1.82) is 0 Å². The molecule has 0 spiro atoms. The highest BCUT2D eigenvalue weighted by molar-refractivity contribution is 7.12. The van der Waals surface area contributed by atoms with Crippen LogP contribution in [0.3, 0.4) is 0 Å². The summed E-state index contributed by atoms with van der Waals surface area (Å²) in [6.45, 7) is 0. The number of alkyl halides is 3. The minimum atomic E-state index is -4.91. The molecule has 1 aromatic heterocycles. The number of benzene rings is 1. The van der Waals surface area contributed by atoms with Crippen LogP contribution in [0.5, 0.6) is 0 Å². The van der Waals surface area contributed by atoms with Gasteiger partial charge < -0.3 is 0 Å². The van der Waals surface area contributed by atoms with E-state index in [-0.39, 0.29) is 16.1 Å². The van der Waals surface area contributed by atoms with Crippen LogP contribution in [-0.2, 0) is 0 Å². The molecule has 0 atom stereocenters. The molecule has 11 heteroatoms. The number of hydrazone groups is 1. The number of carbonyl (C=O) groups excluding carboxylic acids is 2. The SMILES string of the molecule is O=C(NN=C(CC(=O)c1cccs1)C(F)(F)F)c1ccc([N+](=O)[O-])cc1. The van der Waals surface area contributed by atoms with Crippen molar-refractivity contribution in [3.63, 3.8) is 0 Å². The second kappa shape index (κ2) is 7.87. The van der Waals surface area contributed by atoms with Gasteiger partial charge in [-0.15, -0.1) is 11.3 Å². The van der Waals surface area contributed by atoms with E-state index in [0.29, 0.717) is 0 Å². The lowest BCUT2D eigenvalue weighted by Gasteiger charge is -2.10. The number of halogens is 3. The summed E-state index contributed by atoms with van der Waals surface area (Å²) in [5.41, 5.74) is -0.133. The molecule has 2 aromatic rings. The largest absolute Gasteiger partial charge is 0.431 e. The number of Topliss-reactive ketones (excluding diaryl/α,β-unsaturated/α-hetero) is 1. The predicted octanol–water partition coefficient (Wildman–Crippen LogP) is 3.58. The van der Waals surface area contributed by atoms with Gasteiger partial charge in [-0.25, -0.2) is 5.43 Å². The maximum absolute atomic E-state index is 13.0. The molecular formula is C15H10F3N3O4S. The minimum absolute atomic E-state index is 0.120. The number of thiophene rings is 1. The maximum atomic E-state index is 13.0. The van der Waals surface area contributed by atoms with Gasteiger partial charge in [-0.05, 0) is 23.6 Å². The summed E-state index contributed by atoms with van der Waals surface area (Å²) in [6, 6.07) is 7.13. The molecule has 0 saturated carbocycles. The second-order valence-corrected chi connectivity index (χ2v) is 5.83. The van der Waals surface area contributed by atoms with Crippen LogP contribution in [0.15, 0.2) is 46.9 Å². The van der Waals surface area contributed by atoms with E-state index in [0.717, 1.165) is 35.6 Å². The van der Waals surface area contributed by atoms with Crippen molar-refractivity contribution in [2.24, 2.45) is 5.10 Å². The number of hydrogen-bond donors (Lipinski definition) is 1.